The number of rotatable bonds is 14. The molecule has 0 heterocycles. The van der Waals surface area contributed by atoms with Crippen LogP contribution in [0.25, 0.3) is 0 Å². The van der Waals surface area contributed by atoms with Crippen molar-refractivity contribution in [2.75, 3.05) is 18.8 Å². The number of aliphatic imine (C=N–C) groups is 2. The first-order valence-electron chi connectivity index (χ1n) is 8.89. The van der Waals surface area contributed by atoms with Gasteiger partial charge in [0.2, 0.25) is 11.8 Å². The summed E-state index contributed by atoms with van der Waals surface area (Å²) < 4.78 is 0. The SMILES string of the molecule is NC(N)=NCCCC(N)C(=O)NC(CS)C(=O)NC(CCCN=C(N)N)C(=O)O. The Labute approximate surface area is 174 Å². The lowest BCUT2D eigenvalue weighted by molar-refractivity contribution is -0.142. The first-order valence-corrected chi connectivity index (χ1v) is 9.52. The number of guanidine groups is 2. The number of thiol groups is 1. The minimum atomic E-state index is -1.22. The number of hydrogen-bond acceptors (Lipinski definition) is 7. The van der Waals surface area contributed by atoms with Gasteiger partial charge in [-0.3, -0.25) is 19.6 Å². The Hall–Kier alpha value is -2.74. The standard InChI is InChI=1S/C15H31N9O4S/c16-8(3-1-5-21-14(17)18)11(25)24-10(7-29)12(26)23-9(13(27)28)4-2-6-22-15(19)20/h8-10,29H,1-7,16H2,(H,23,26)(H,24,25)(H,27,28)(H4,17,18,21)(H4,19,20,22). The van der Waals surface area contributed by atoms with Gasteiger partial charge in [0.1, 0.15) is 12.1 Å². The summed E-state index contributed by atoms with van der Waals surface area (Å²) in [6.45, 7) is 0.545. The molecule has 0 radical (unpaired) electrons. The van der Waals surface area contributed by atoms with Crippen LogP contribution in [0.15, 0.2) is 9.98 Å². The van der Waals surface area contributed by atoms with Gasteiger partial charge in [-0.25, -0.2) is 4.79 Å². The van der Waals surface area contributed by atoms with Crippen molar-refractivity contribution in [3.8, 4) is 0 Å². The van der Waals surface area contributed by atoms with Gasteiger partial charge in [0.25, 0.3) is 0 Å². The molecule has 0 aliphatic carbocycles. The number of nitrogens with zero attached hydrogens (tertiary/aromatic N) is 2. The fraction of sp³-hybridized carbons (Fsp3) is 0.667. The highest BCUT2D eigenvalue weighted by molar-refractivity contribution is 7.80. The van der Waals surface area contributed by atoms with Gasteiger partial charge < -0.3 is 44.4 Å². The molecule has 13 N–H and O–H groups in total. The van der Waals surface area contributed by atoms with Gasteiger partial charge in [-0.15, -0.1) is 0 Å². The van der Waals surface area contributed by atoms with E-state index in [1.165, 1.54) is 0 Å². The quantitative estimate of drug-likeness (QED) is 0.0567. The van der Waals surface area contributed by atoms with E-state index in [0.29, 0.717) is 25.8 Å². The first kappa shape index (κ1) is 26.3. The van der Waals surface area contributed by atoms with Crippen LogP contribution in [-0.4, -0.2) is 71.8 Å². The van der Waals surface area contributed by atoms with Crippen molar-refractivity contribution in [3.63, 3.8) is 0 Å². The zero-order valence-electron chi connectivity index (χ0n) is 16.1. The zero-order chi connectivity index (χ0) is 22.4. The summed E-state index contributed by atoms with van der Waals surface area (Å²) in [5.41, 5.74) is 26.6. The Balaban J connectivity index is 4.63. The van der Waals surface area contributed by atoms with E-state index in [-0.39, 0.29) is 30.6 Å². The monoisotopic (exact) mass is 433 g/mol. The van der Waals surface area contributed by atoms with Crippen LogP contribution in [0.4, 0.5) is 0 Å². The predicted octanol–water partition coefficient (Wildman–Crippen LogP) is -3.60. The van der Waals surface area contributed by atoms with Crippen molar-refractivity contribution < 1.29 is 19.5 Å². The second kappa shape index (κ2) is 14.3. The lowest BCUT2D eigenvalue weighted by Gasteiger charge is -2.21. The lowest BCUT2D eigenvalue weighted by atomic mass is 10.1. The van der Waals surface area contributed by atoms with Crippen LogP contribution in [0, 0.1) is 0 Å². The molecule has 0 saturated heterocycles. The van der Waals surface area contributed by atoms with Crippen molar-refractivity contribution in [2.45, 2.75) is 43.8 Å². The number of carbonyl (C=O) groups is 3. The molecule has 0 aromatic carbocycles. The van der Waals surface area contributed by atoms with Gasteiger partial charge in [-0.1, -0.05) is 0 Å². The van der Waals surface area contributed by atoms with Crippen molar-refractivity contribution >= 4 is 42.3 Å². The van der Waals surface area contributed by atoms with E-state index in [9.17, 15) is 19.5 Å². The number of carboxylic acid groups (broad SMARTS) is 1. The fourth-order valence-corrected chi connectivity index (χ4v) is 2.41. The van der Waals surface area contributed by atoms with E-state index < -0.39 is 35.9 Å². The maximum atomic E-state index is 12.3. The molecule has 13 nitrogen and oxygen atoms in total. The molecule has 0 rings (SSSR count). The Morgan fingerprint density at radius 1 is 0.862 bits per heavy atom. The molecule has 0 aromatic heterocycles. The van der Waals surface area contributed by atoms with E-state index in [1.54, 1.807) is 0 Å². The molecule has 3 unspecified atom stereocenters. The maximum absolute atomic E-state index is 12.3. The van der Waals surface area contributed by atoms with E-state index in [0.717, 1.165) is 0 Å². The van der Waals surface area contributed by atoms with Crippen LogP contribution in [-0.2, 0) is 14.4 Å². The highest BCUT2D eigenvalue weighted by Gasteiger charge is 2.26. The second-order valence-electron chi connectivity index (χ2n) is 6.15. The number of hydrogen-bond donors (Lipinski definition) is 9. The summed E-state index contributed by atoms with van der Waals surface area (Å²) >= 11 is 4.03. The van der Waals surface area contributed by atoms with Crippen LogP contribution < -0.4 is 39.3 Å². The van der Waals surface area contributed by atoms with Crippen LogP contribution >= 0.6 is 12.6 Å². The van der Waals surface area contributed by atoms with Crippen molar-refractivity contribution in [3.05, 3.63) is 0 Å². The van der Waals surface area contributed by atoms with Gasteiger partial charge in [-0.05, 0) is 25.7 Å². The van der Waals surface area contributed by atoms with Gasteiger partial charge in [-0.2, -0.15) is 12.6 Å². The number of nitrogens with two attached hydrogens (primary N) is 5. The van der Waals surface area contributed by atoms with Gasteiger partial charge in [0.05, 0.1) is 6.04 Å². The molecule has 0 aromatic rings. The Kier molecular flexibility index (Phi) is 12.9. The number of carboxylic acids is 1. The van der Waals surface area contributed by atoms with Crippen LogP contribution in [0.3, 0.4) is 0 Å². The zero-order valence-corrected chi connectivity index (χ0v) is 17.0. The smallest absolute Gasteiger partial charge is 0.326 e. The summed E-state index contributed by atoms with van der Waals surface area (Å²) in [5, 5.41) is 14.1. The molecule has 166 valence electrons. The molecule has 0 spiro atoms. The highest BCUT2D eigenvalue weighted by Crippen LogP contribution is 2.02. The second-order valence-corrected chi connectivity index (χ2v) is 6.51. The van der Waals surface area contributed by atoms with E-state index in [4.69, 9.17) is 28.7 Å². The molecule has 0 aliphatic rings. The third kappa shape index (κ3) is 12.4. The molecular formula is C15H31N9O4S. The third-order valence-electron chi connectivity index (χ3n) is 3.68. The van der Waals surface area contributed by atoms with Gasteiger partial charge >= 0.3 is 5.97 Å². The Bertz CT molecular complexity index is 607. The summed E-state index contributed by atoms with van der Waals surface area (Å²) in [6, 6.07) is -3.09. The molecule has 14 heteroatoms. The average molecular weight is 434 g/mol. The number of aliphatic carboxylic acids is 1. The summed E-state index contributed by atoms with van der Waals surface area (Å²) in [5.74, 6) is -2.67. The molecule has 29 heavy (non-hydrogen) atoms. The minimum absolute atomic E-state index is 0.0430. The van der Waals surface area contributed by atoms with Gasteiger partial charge in [0, 0.05) is 18.8 Å². The van der Waals surface area contributed by atoms with E-state index >= 15 is 0 Å². The fourth-order valence-electron chi connectivity index (χ4n) is 2.16. The molecule has 0 aliphatic heterocycles. The number of amides is 2. The van der Waals surface area contributed by atoms with E-state index in [1.807, 2.05) is 0 Å². The topological polar surface area (TPSA) is 250 Å². The lowest BCUT2D eigenvalue weighted by Crippen LogP contribution is -2.55. The third-order valence-corrected chi connectivity index (χ3v) is 4.04. The van der Waals surface area contributed by atoms with Crippen LogP contribution in [0.2, 0.25) is 0 Å². The van der Waals surface area contributed by atoms with Crippen molar-refractivity contribution in [1.29, 1.82) is 0 Å². The molecular weight excluding hydrogens is 402 g/mol. The normalized spacial score (nSPS) is 13.4. The Morgan fingerprint density at radius 3 is 1.79 bits per heavy atom. The molecule has 0 saturated carbocycles. The van der Waals surface area contributed by atoms with E-state index in [2.05, 4.69) is 33.2 Å². The van der Waals surface area contributed by atoms with Crippen LogP contribution in [0.5, 0.6) is 0 Å². The molecule has 0 bridgehead atoms. The number of carbonyl (C=O) groups excluding carboxylic acids is 2. The molecule has 2 amide bonds. The first-order chi connectivity index (χ1) is 13.6. The summed E-state index contributed by atoms with van der Waals surface area (Å²) in [6.07, 6.45) is 1.22. The van der Waals surface area contributed by atoms with Crippen molar-refractivity contribution in [1.82, 2.24) is 10.6 Å². The minimum Gasteiger partial charge on any atom is -0.480 e. The summed E-state index contributed by atoms with van der Waals surface area (Å²) in [7, 11) is 0. The molecule has 3 atom stereocenters. The molecule has 0 fully saturated rings. The number of nitrogens with one attached hydrogen (secondary N) is 2. The highest BCUT2D eigenvalue weighted by atomic mass is 32.1. The largest absolute Gasteiger partial charge is 0.480 e. The van der Waals surface area contributed by atoms with Crippen LogP contribution in [0.1, 0.15) is 25.7 Å². The Morgan fingerprint density at radius 2 is 1.34 bits per heavy atom. The predicted molar refractivity (Wildman–Crippen MR) is 113 cm³/mol. The van der Waals surface area contributed by atoms with Crippen molar-refractivity contribution in [2.24, 2.45) is 38.7 Å². The maximum Gasteiger partial charge on any atom is 0.326 e. The van der Waals surface area contributed by atoms with Gasteiger partial charge in [0.15, 0.2) is 11.9 Å². The summed E-state index contributed by atoms with van der Waals surface area (Å²) in [4.78, 5) is 43.4. The average Bonchev–Trinajstić information content (AvgIpc) is 2.64.